The lowest BCUT2D eigenvalue weighted by Crippen LogP contribution is -2.46. The predicted molar refractivity (Wildman–Crippen MR) is 97.6 cm³/mol. The Kier molecular flexibility index (Phi) is 5.83. The van der Waals surface area contributed by atoms with Gasteiger partial charge in [0.25, 0.3) is 0 Å². The van der Waals surface area contributed by atoms with Gasteiger partial charge in [-0.15, -0.1) is 0 Å². The van der Waals surface area contributed by atoms with Crippen LogP contribution in [0.2, 0.25) is 0 Å². The van der Waals surface area contributed by atoms with Crippen molar-refractivity contribution in [3.05, 3.63) is 34.9 Å². The summed E-state index contributed by atoms with van der Waals surface area (Å²) in [6.07, 6.45) is 9.44. The molecule has 3 heteroatoms. The lowest BCUT2D eigenvalue weighted by atomic mass is 9.97. The molecule has 2 N–H and O–H groups in total. The van der Waals surface area contributed by atoms with E-state index in [1.54, 1.807) is 0 Å². The Balaban J connectivity index is 1.48. The van der Waals surface area contributed by atoms with Crippen molar-refractivity contribution in [2.45, 2.75) is 63.3 Å². The Morgan fingerprint density at radius 1 is 1.05 bits per heavy atom. The lowest BCUT2D eigenvalue weighted by molar-refractivity contribution is 0.282. The van der Waals surface area contributed by atoms with Gasteiger partial charge >= 0.3 is 0 Å². The average molecular weight is 319 g/mol. The zero-order chi connectivity index (χ0) is 15.4. The van der Waals surface area contributed by atoms with Gasteiger partial charge in [0.15, 0.2) is 0 Å². The van der Waals surface area contributed by atoms with Crippen molar-refractivity contribution in [3.63, 3.8) is 0 Å². The summed E-state index contributed by atoms with van der Waals surface area (Å²) in [6, 6.07) is 6.98. The number of nitrogens with one attached hydrogen (secondary N) is 2. The summed E-state index contributed by atoms with van der Waals surface area (Å²) in [7, 11) is 0. The van der Waals surface area contributed by atoms with Gasteiger partial charge in [-0.1, -0.05) is 50.8 Å². The van der Waals surface area contributed by atoms with Crippen LogP contribution in [0.1, 0.15) is 61.9 Å². The number of thiol groups is 1. The summed E-state index contributed by atoms with van der Waals surface area (Å²) in [4.78, 5) is 0. The van der Waals surface area contributed by atoms with Crippen molar-refractivity contribution >= 4 is 12.6 Å². The molecule has 1 unspecified atom stereocenters. The highest BCUT2D eigenvalue weighted by molar-refractivity contribution is 7.81. The number of fused-ring (bicyclic) bond motifs is 1. The lowest BCUT2D eigenvalue weighted by Gasteiger charge is -2.32. The molecule has 22 heavy (non-hydrogen) atoms. The van der Waals surface area contributed by atoms with Crippen molar-refractivity contribution in [2.75, 3.05) is 13.1 Å². The molecule has 0 bridgehead atoms. The second-order valence-corrected chi connectivity index (χ2v) is 7.79. The molecule has 1 aliphatic heterocycles. The largest absolute Gasteiger partial charge is 0.298 e. The van der Waals surface area contributed by atoms with E-state index >= 15 is 0 Å². The van der Waals surface area contributed by atoms with E-state index in [9.17, 15) is 0 Å². The molecule has 0 spiro atoms. The highest BCUT2D eigenvalue weighted by Crippen LogP contribution is 2.28. The summed E-state index contributed by atoms with van der Waals surface area (Å²) in [6.45, 7) is 4.58. The number of hydrogen-bond acceptors (Lipinski definition) is 3. The van der Waals surface area contributed by atoms with Crippen molar-refractivity contribution in [3.8, 4) is 0 Å². The number of unbranched alkanes of at least 4 members (excludes halogenated alkanes) is 3. The number of benzene rings is 1. The molecular weight excluding hydrogens is 288 g/mol. The molecule has 1 fully saturated rings. The zero-order valence-corrected chi connectivity index (χ0v) is 14.7. The van der Waals surface area contributed by atoms with E-state index in [1.165, 1.54) is 48.8 Å². The molecule has 1 aromatic carbocycles. The zero-order valence-electron chi connectivity index (χ0n) is 13.8. The highest BCUT2D eigenvalue weighted by Gasteiger charge is 2.23. The fourth-order valence-electron chi connectivity index (χ4n) is 3.81. The molecule has 0 saturated carbocycles. The van der Waals surface area contributed by atoms with Gasteiger partial charge in [0.05, 0.1) is 6.17 Å². The molecule has 0 amide bonds. The molecule has 122 valence electrons. The molecule has 1 saturated heterocycles. The molecule has 0 radical (unpaired) electrons. The van der Waals surface area contributed by atoms with E-state index < -0.39 is 0 Å². The third-order valence-electron chi connectivity index (χ3n) is 5.16. The van der Waals surface area contributed by atoms with Gasteiger partial charge in [-0.2, -0.15) is 12.6 Å². The summed E-state index contributed by atoms with van der Waals surface area (Å²) < 4.78 is 0. The van der Waals surface area contributed by atoms with Gasteiger partial charge in [-0.05, 0) is 41.9 Å². The topological polar surface area (TPSA) is 24.1 Å². The smallest absolute Gasteiger partial charge is 0.0835 e. The maximum absolute atomic E-state index is 4.63. The molecule has 2 nitrogen and oxygen atoms in total. The van der Waals surface area contributed by atoms with Crippen LogP contribution in [0.15, 0.2) is 18.2 Å². The van der Waals surface area contributed by atoms with Gasteiger partial charge in [0.1, 0.15) is 0 Å². The van der Waals surface area contributed by atoms with Crippen LogP contribution in [0.25, 0.3) is 0 Å². The van der Waals surface area contributed by atoms with Crippen LogP contribution in [-0.4, -0.2) is 18.3 Å². The molecule has 1 atom stereocenters. The van der Waals surface area contributed by atoms with Crippen molar-refractivity contribution in [1.82, 2.24) is 10.6 Å². The predicted octanol–water partition coefficient (Wildman–Crippen LogP) is 3.86. The van der Waals surface area contributed by atoms with E-state index in [1.807, 2.05) is 0 Å². The second-order valence-electron chi connectivity index (χ2n) is 7.06. The third-order valence-corrected chi connectivity index (χ3v) is 5.53. The minimum absolute atomic E-state index is 0.330. The maximum atomic E-state index is 4.63. The minimum atomic E-state index is 0.330. The van der Waals surface area contributed by atoms with Crippen molar-refractivity contribution < 1.29 is 0 Å². The van der Waals surface area contributed by atoms with Crippen LogP contribution in [-0.2, 0) is 12.8 Å². The first-order chi connectivity index (χ1) is 10.8. The summed E-state index contributed by atoms with van der Waals surface area (Å²) >= 11 is 4.63. The van der Waals surface area contributed by atoms with Gasteiger partial charge in [-0.25, -0.2) is 0 Å². The molecule has 1 aliphatic carbocycles. The average Bonchev–Trinajstić information content (AvgIpc) is 2.91. The van der Waals surface area contributed by atoms with Crippen LogP contribution in [0, 0.1) is 5.92 Å². The molecule has 2 aliphatic rings. The van der Waals surface area contributed by atoms with Crippen LogP contribution in [0.5, 0.6) is 0 Å². The Labute approximate surface area is 140 Å². The first kappa shape index (κ1) is 16.4. The number of hydrogen-bond donors (Lipinski definition) is 3. The molecule has 1 heterocycles. The highest BCUT2D eigenvalue weighted by atomic mass is 32.1. The van der Waals surface area contributed by atoms with Crippen molar-refractivity contribution in [1.29, 1.82) is 0 Å². The van der Waals surface area contributed by atoms with Crippen LogP contribution in [0.4, 0.5) is 0 Å². The van der Waals surface area contributed by atoms with Crippen LogP contribution < -0.4 is 10.6 Å². The standard InChI is InChI=1S/C19H30N2S/c1-2-3-4-5-6-14-12-20-19(21-13-14)16-8-7-15-10-18(22)11-17(15)9-16/h7-9,14,18-22H,2-6,10-13H2,1H3. The quantitative estimate of drug-likeness (QED) is 0.548. The van der Waals surface area contributed by atoms with Gasteiger partial charge < -0.3 is 0 Å². The van der Waals surface area contributed by atoms with E-state index in [0.717, 1.165) is 31.8 Å². The van der Waals surface area contributed by atoms with Crippen molar-refractivity contribution in [2.24, 2.45) is 5.92 Å². The SMILES string of the molecule is CCCCCCC1CNC(c2ccc3c(c2)CC(S)C3)NC1. The van der Waals surface area contributed by atoms with Crippen LogP contribution in [0.3, 0.4) is 0 Å². The fraction of sp³-hybridized carbons (Fsp3) is 0.684. The third kappa shape index (κ3) is 4.06. The monoisotopic (exact) mass is 318 g/mol. The minimum Gasteiger partial charge on any atom is -0.298 e. The van der Waals surface area contributed by atoms with E-state index in [4.69, 9.17) is 0 Å². The molecule has 0 aromatic heterocycles. The molecule has 1 aromatic rings. The normalized spacial score (nSPS) is 27.8. The Hall–Kier alpha value is -0.510. The van der Waals surface area contributed by atoms with Crippen LogP contribution >= 0.6 is 12.6 Å². The van der Waals surface area contributed by atoms with E-state index in [-0.39, 0.29) is 0 Å². The summed E-state index contributed by atoms with van der Waals surface area (Å²) in [5, 5.41) is 7.92. The Morgan fingerprint density at radius 3 is 2.59 bits per heavy atom. The van der Waals surface area contributed by atoms with Gasteiger partial charge in [-0.3, -0.25) is 10.6 Å². The summed E-state index contributed by atoms with van der Waals surface area (Å²) in [5.41, 5.74) is 4.39. The first-order valence-corrected chi connectivity index (χ1v) is 9.54. The summed E-state index contributed by atoms with van der Waals surface area (Å²) in [5.74, 6) is 0.796. The van der Waals surface area contributed by atoms with Gasteiger partial charge in [0.2, 0.25) is 0 Å². The maximum Gasteiger partial charge on any atom is 0.0835 e. The van der Waals surface area contributed by atoms with E-state index in [2.05, 4.69) is 48.4 Å². The van der Waals surface area contributed by atoms with E-state index in [0.29, 0.717) is 11.4 Å². The van der Waals surface area contributed by atoms with Gasteiger partial charge in [0, 0.05) is 18.3 Å². The first-order valence-electron chi connectivity index (χ1n) is 9.02. The molecular formula is C19H30N2S. The molecule has 3 rings (SSSR count). The Bertz CT molecular complexity index is 480. The fourth-order valence-corrected chi connectivity index (χ4v) is 4.20. The second kappa shape index (κ2) is 7.85. The number of rotatable bonds is 6. The Morgan fingerprint density at radius 2 is 1.82 bits per heavy atom.